The Morgan fingerprint density at radius 3 is 2.21 bits per heavy atom. The number of aryl methyl sites for hydroxylation is 2. The molecule has 3 aromatic rings. The molecule has 1 aliphatic rings. The van der Waals surface area contributed by atoms with E-state index in [1.165, 1.54) is 17.0 Å². The maximum atomic E-state index is 14.0. The first-order valence-corrected chi connectivity index (χ1v) is 14.8. The molecule has 0 saturated carbocycles. The molecule has 2 unspecified atom stereocenters. The molecule has 1 saturated heterocycles. The highest BCUT2D eigenvalue weighted by Gasteiger charge is 2.26. The van der Waals surface area contributed by atoms with Crippen molar-refractivity contribution in [1.29, 1.82) is 0 Å². The van der Waals surface area contributed by atoms with Gasteiger partial charge >= 0.3 is 0 Å². The molecule has 2 amide bonds. The van der Waals surface area contributed by atoms with Crippen molar-refractivity contribution in [3.63, 3.8) is 0 Å². The Kier molecular flexibility index (Phi) is 10.8. The van der Waals surface area contributed by atoms with E-state index in [-0.39, 0.29) is 31.3 Å². The van der Waals surface area contributed by atoms with E-state index in [1.54, 1.807) is 12.1 Å². The van der Waals surface area contributed by atoms with Gasteiger partial charge in [-0.05, 0) is 85.2 Å². The maximum Gasteiger partial charge on any atom is 0.254 e. The lowest BCUT2D eigenvalue weighted by Crippen LogP contribution is -2.46. The third-order valence-corrected chi connectivity index (χ3v) is 7.82. The van der Waals surface area contributed by atoms with E-state index < -0.39 is 23.8 Å². The molecule has 0 aliphatic carbocycles. The summed E-state index contributed by atoms with van der Waals surface area (Å²) >= 11 is 0. The van der Waals surface area contributed by atoms with Gasteiger partial charge in [0.2, 0.25) is 0 Å². The van der Waals surface area contributed by atoms with Gasteiger partial charge in [0.1, 0.15) is 11.6 Å². The first-order chi connectivity index (χ1) is 20.1. The van der Waals surface area contributed by atoms with E-state index in [1.807, 2.05) is 42.2 Å². The summed E-state index contributed by atoms with van der Waals surface area (Å²) in [6, 6.07) is 15.4. The topological polar surface area (TPSA) is 86.9 Å². The van der Waals surface area contributed by atoms with Crippen molar-refractivity contribution in [1.82, 2.24) is 9.80 Å². The minimum absolute atomic E-state index is 0.0299. The lowest BCUT2D eigenvalue weighted by atomic mass is 10.00. The van der Waals surface area contributed by atoms with Gasteiger partial charge in [0.05, 0.1) is 6.10 Å². The van der Waals surface area contributed by atoms with E-state index in [0.29, 0.717) is 29.8 Å². The van der Waals surface area contributed by atoms with E-state index in [0.717, 1.165) is 54.9 Å². The first kappa shape index (κ1) is 31.3. The number of carbonyl (C=O) groups is 2. The second-order valence-corrected chi connectivity index (χ2v) is 11.4. The standard InChI is InChI=1S/C34H41F2N3O3/c1-3-24-9-8-10-25(15-24)21-39(22-32(40)31(37)18-26-16-29(35)20-30(36)17-26)34(42)28-14-23(2)13-27(19-28)33(41)38-11-6-4-5-7-12-38/h8-10,13-17,19-20,31-32,40H,3-7,11-12,18,21-22,37H2,1-2H3. The zero-order chi connectivity index (χ0) is 30.2. The van der Waals surface area contributed by atoms with Crippen LogP contribution in [-0.4, -0.2) is 58.5 Å². The van der Waals surface area contributed by atoms with Gasteiger partial charge in [-0.1, -0.05) is 44.0 Å². The summed E-state index contributed by atoms with van der Waals surface area (Å²) < 4.78 is 27.4. The average Bonchev–Trinajstić information content (AvgIpc) is 3.25. The summed E-state index contributed by atoms with van der Waals surface area (Å²) in [5.74, 6) is -1.86. The van der Waals surface area contributed by atoms with Crippen LogP contribution in [0.5, 0.6) is 0 Å². The Labute approximate surface area is 247 Å². The number of benzene rings is 3. The molecule has 1 heterocycles. The second kappa shape index (κ2) is 14.5. The lowest BCUT2D eigenvalue weighted by molar-refractivity contribution is 0.0554. The molecule has 8 heteroatoms. The van der Waals surface area contributed by atoms with Gasteiger partial charge in [0.25, 0.3) is 11.8 Å². The van der Waals surface area contributed by atoms with Gasteiger partial charge < -0.3 is 20.6 Å². The van der Waals surface area contributed by atoms with Crippen LogP contribution in [0.1, 0.15) is 75.6 Å². The Morgan fingerprint density at radius 2 is 1.55 bits per heavy atom. The first-order valence-electron chi connectivity index (χ1n) is 14.8. The number of amides is 2. The molecule has 0 spiro atoms. The molecule has 42 heavy (non-hydrogen) atoms. The van der Waals surface area contributed by atoms with Gasteiger partial charge in [0, 0.05) is 49.4 Å². The van der Waals surface area contributed by atoms with Crippen molar-refractivity contribution in [2.45, 2.75) is 71.1 Å². The van der Waals surface area contributed by atoms with Crippen molar-refractivity contribution >= 4 is 11.8 Å². The van der Waals surface area contributed by atoms with Gasteiger partial charge in [-0.3, -0.25) is 9.59 Å². The summed E-state index contributed by atoms with van der Waals surface area (Å²) in [4.78, 5) is 30.8. The van der Waals surface area contributed by atoms with Crippen LogP contribution in [0.2, 0.25) is 0 Å². The molecule has 1 aliphatic heterocycles. The predicted molar refractivity (Wildman–Crippen MR) is 160 cm³/mol. The van der Waals surface area contributed by atoms with Gasteiger partial charge in [-0.15, -0.1) is 0 Å². The van der Waals surface area contributed by atoms with E-state index in [2.05, 4.69) is 6.92 Å². The fraction of sp³-hybridized carbons (Fsp3) is 0.412. The number of nitrogens with zero attached hydrogens (tertiary/aromatic N) is 2. The SMILES string of the molecule is CCc1cccc(CN(CC(O)C(N)Cc2cc(F)cc(F)c2)C(=O)c2cc(C)cc(C(=O)N3CCCCCC3)c2)c1. The number of hydrogen-bond donors (Lipinski definition) is 2. The highest BCUT2D eigenvalue weighted by Crippen LogP contribution is 2.20. The third-order valence-electron chi connectivity index (χ3n) is 7.82. The Balaban J connectivity index is 1.59. The smallest absolute Gasteiger partial charge is 0.254 e. The summed E-state index contributed by atoms with van der Waals surface area (Å²) in [5, 5.41) is 11.1. The van der Waals surface area contributed by atoms with Crippen LogP contribution in [0.15, 0.2) is 60.7 Å². The molecule has 6 nitrogen and oxygen atoms in total. The highest BCUT2D eigenvalue weighted by molar-refractivity contribution is 6.00. The highest BCUT2D eigenvalue weighted by atomic mass is 19.1. The molecule has 1 fully saturated rings. The van der Waals surface area contributed by atoms with Crippen LogP contribution in [0.4, 0.5) is 8.78 Å². The Hall–Kier alpha value is -3.62. The number of carbonyl (C=O) groups excluding carboxylic acids is 2. The number of nitrogens with two attached hydrogens (primary N) is 1. The minimum atomic E-state index is -1.17. The molecule has 3 aromatic carbocycles. The minimum Gasteiger partial charge on any atom is -0.390 e. The van der Waals surface area contributed by atoms with Crippen molar-refractivity contribution in [3.05, 3.63) is 106 Å². The predicted octanol–water partition coefficient (Wildman–Crippen LogP) is 5.43. The summed E-state index contributed by atoms with van der Waals surface area (Å²) in [6.45, 7) is 5.43. The van der Waals surface area contributed by atoms with Gasteiger partial charge in [0.15, 0.2) is 0 Å². The summed E-state index contributed by atoms with van der Waals surface area (Å²) in [7, 11) is 0. The zero-order valence-electron chi connectivity index (χ0n) is 24.5. The average molecular weight is 578 g/mol. The van der Waals surface area contributed by atoms with Crippen molar-refractivity contribution in [2.75, 3.05) is 19.6 Å². The van der Waals surface area contributed by atoms with Crippen LogP contribution >= 0.6 is 0 Å². The van der Waals surface area contributed by atoms with Crippen LogP contribution in [0, 0.1) is 18.6 Å². The lowest BCUT2D eigenvalue weighted by Gasteiger charge is -2.29. The van der Waals surface area contributed by atoms with Crippen LogP contribution in [-0.2, 0) is 19.4 Å². The number of aliphatic hydroxyl groups excluding tert-OH is 1. The van der Waals surface area contributed by atoms with Crippen LogP contribution < -0.4 is 5.73 Å². The van der Waals surface area contributed by atoms with E-state index >= 15 is 0 Å². The molecule has 0 bridgehead atoms. The largest absolute Gasteiger partial charge is 0.390 e. The normalized spacial score (nSPS) is 15.1. The number of likely N-dealkylation sites (tertiary alicyclic amines) is 1. The number of aliphatic hydroxyl groups is 1. The fourth-order valence-corrected chi connectivity index (χ4v) is 5.55. The second-order valence-electron chi connectivity index (χ2n) is 11.4. The van der Waals surface area contributed by atoms with Crippen LogP contribution in [0.3, 0.4) is 0 Å². The maximum absolute atomic E-state index is 14.0. The molecule has 0 radical (unpaired) electrons. The molecule has 4 rings (SSSR count). The summed E-state index contributed by atoms with van der Waals surface area (Å²) in [5.41, 5.74) is 10.2. The van der Waals surface area contributed by atoms with E-state index in [9.17, 15) is 23.5 Å². The Morgan fingerprint density at radius 1 is 0.905 bits per heavy atom. The zero-order valence-corrected chi connectivity index (χ0v) is 24.5. The van der Waals surface area contributed by atoms with E-state index in [4.69, 9.17) is 5.73 Å². The quantitative estimate of drug-likeness (QED) is 0.337. The van der Waals surface area contributed by atoms with Crippen molar-refractivity contribution in [2.24, 2.45) is 5.73 Å². The van der Waals surface area contributed by atoms with Gasteiger partial charge in [-0.25, -0.2) is 8.78 Å². The number of hydrogen-bond acceptors (Lipinski definition) is 4. The number of rotatable bonds is 10. The molecule has 0 aromatic heterocycles. The molecule has 2 atom stereocenters. The number of halogens is 2. The molecule has 224 valence electrons. The molecular formula is C34H41F2N3O3. The van der Waals surface area contributed by atoms with Crippen LogP contribution in [0.25, 0.3) is 0 Å². The molecular weight excluding hydrogens is 536 g/mol. The Bertz CT molecular complexity index is 1370. The monoisotopic (exact) mass is 577 g/mol. The van der Waals surface area contributed by atoms with Gasteiger partial charge in [-0.2, -0.15) is 0 Å². The summed E-state index contributed by atoms with van der Waals surface area (Å²) in [6.07, 6.45) is 3.84. The third kappa shape index (κ3) is 8.46. The molecule has 3 N–H and O–H groups in total. The fourth-order valence-electron chi connectivity index (χ4n) is 5.55. The van der Waals surface area contributed by atoms with Crippen molar-refractivity contribution < 1.29 is 23.5 Å². The van der Waals surface area contributed by atoms with Crippen molar-refractivity contribution in [3.8, 4) is 0 Å².